The fourth-order valence-corrected chi connectivity index (χ4v) is 9.08. The largest absolute Gasteiger partial charge is 1.00 e. The van der Waals surface area contributed by atoms with Crippen molar-refractivity contribution in [1.82, 2.24) is 0 Å². The van der Waals surface area contributed by atoms with Crippen molar-refractivity contribution in [1.29, 1.82) is 0 Å². The lowest BCUT2D eigenvalue weighted by molar-refractivity contribution is -0.421. The number of rotatable bonds is 51. The summed E-state index contributed by atoms with van der Waals surface area (Å²) in [5.41, 5.74) is 2.51. The van der Waals surface area contributed by atoms with Gasteiger partial charge in [-0.2, -0.15) is 0 Å². The first-order chi connectivity index (χ1) is 28.9. The maximum atomic E-state index is 13.7. The molecular weight excluding hydrogens is 803 g/mol. The normalized spacial score (nSPS) is 11.6. The summed E-state index contributed by atoms with van der Waals surface area (Å²) < 4.78 is 0. The summed E-state index contributed by atoms with van der Waals surface area (Å²) >= 11 is 0. The summed E-state index contributed by atoms with van der Waals surface area (Å²) in [7, 11) is 0. The standard InChI is InChI=1S/C55H107NO3.BrH/c1-4-7-10-13-16-19-22-25-28-31-34-37-40-43-46-49-52(57)55(56,53(58)50-47-44-41-38-35-32-29-26-23-20-17-14-11-8-5-2)54(59)51-48-45-42-39-36-33-30-27-24-21-18-15-12-9-6-3;/h4-51,56H2,1-3H3;1H. The van der Waals surface area contributed by atoms with Crippen LogP contribution in [-0.2, 0) is 14.4 Å². The zero-order chi connectivity index (χ0) is 43.2. The van der Waals surface area contributed by atoms with E-state index in [1.807, 2.05) is 0 Å². The molecule has 0 fully saturated rings. The van der Waals surface area contributed by atoms with Crippen molar-refractivity contribution in [3.63, 3.8) is 0 Å². The Labute approximate surface area is 387 Å². The number of ketones is 3. The lowest BCUT2D eigenvalue weighted by Crippen LogP contribution is -3.00. The topological polar surface area (TPSA) is 78.8 Å². The molecule has 0 atom stereocenters. The van der Waals surface area contributed by atoms with Gasteiger partial charge in [-0.3, -0.25) is 14.4 Å². The molecule has 60 heavy (non-hydrogen) atoms. The molecule has 0 bridgehead atoms. The van der Waals surface area contributed by atoms with Gasteiger partial charge in [-0.15, -0.1) is 0 Å². The summed E-state index contributed by atoms with van der Waals surface area (Å²) in [5.74, 6) is -0.614. The molecule has 3 N–H and O–H groups in total. The fourth-order valence-electron chi connectivity index (χ4n) is 9.08. The minimum absolute atomic E-state index is 0. The third kappa shape index (κ3) is 39.1. The molecule has 5 heteroatoms. The maximum Gasteiger partial charge on any atom is 0.270 e. The fraction of sp³-hybridized carbons (Fsp3) is 0.945. The molecule has 4 nitrogen and oxygen atoms in total. The van der Waals surface area contributed by atoms with Gasteiger partial charge in [-0.05, 0) is 19.3 Å². The van der Waals surface area contributed by atoms with Crippen LogP contribution in [0.4, 0.5) is 0 Å². The van der Waals surface area contributed by atoms with E-state index in [4.69, 9.17) is 0 Å². The number of halogens is 1. The second-order valence-electron chi connectivity index (χ2n) is 19.3. The second kappa shape index (κ2) is 49.5. The number of unbranched alkanes of at least 4 members (excludes halogenated alkanes) is 42. The molecule has 358 valence electrons. The smallest absolute Gasteiger partial charge is 0.270 e. The molecule has 0 aromatic carbocycles. The van der Waals surface area contributed by atoms with Crippen molar-refractivity contribution in [2.45, 2.75) is 335 Å². The zero-order valence-corrected chi connectivity index (χ0v) is 42.8. The van der Waals surface area contributed by atoms with Crippen molar-refractivity contribution in [2.75, 3.05) is 0 Å². The van der Waals surface area contributed by atoms with Crippen LogP contribution in [0.3, 0.4) is 0 Å². The highest BCUT2D eigenvalue weighted by molar-refractivity contribution is 6.27. The quantitative estimate of drug-likeness (QED) is 0.0488. The Morgan fingerprint density at radius 1 is 0.250 bits per heavy atom. The van der Waals surface area contributed by atoms with E-state index in [-0.39, 0.29) is 34.3 Å². The van der Waals surface area contributed by atoms with Gasteiger partial charge in [0.15, 0.2) is 0 Å². The molecule has 0 aliphatic carbocycles. The first-order valence-corrected chi connectivity index (χ1v) is 27.4. The summed E-state index contributed by atoms with van der Waals surface area (Å²) in [6.45, 7) is 6.84. The highest BCUT2D eigenvalue weighted by Crippen LogP contribution is 2.21. The lowest BCUT2D eigenvalue weighted by Gasteiger charge is -2.22. The van der Waals surface area contributed by atoms with Gasteiger partial charge < -0.3 is 22.7 Å². The number of carbonyl (C=O) groups excluding carboxylic acids is 3. The molecule has 0 amide bonds. The van der Waals surface area contributed by atoms with Crippen LogP contribution in [0.1, 0.15) is 329 Å². The van der Waals surface area contributed by atoms with Crippen LogP contribution in [0.15, 0.2) is 0 Å². The average molecular weight is 911 g/mol. The van der Waals surface area contributed by atoms with E-state index in [1.165, 1.54) is 231 Å². The van der Waals surface area contributed by atoms with Gasteiger partial charge in [-0.1, -0.05) is 290 Å². The van der Waals surface area contributed by atoms with Crippen LogP contribution in [0.25, 0.3) is 0 Å². The molecule has 0 heterocycles. The molecule has 0 aliphatic rings. The van der Waals surface area contributed by atoms with Gasteiger partial charge in [0, 0.05) is 19.3 Å². The van der Waals surface area contributed by atoms with Gasteiger partial charge in [0.1, 0.15) is 0 Å². The number of quaternary nitrogens is 1. The Hall–Kier alpha value is -0.550. The highest BCUT2D eigenvalue weighted by atomic mass is 79.9. The van der Waals surface area contributed by atoms with E-state index in [9.17, 15) is 14.4 Å². The van der Waals surface area contributed by atoms with Crippen molar-refractivity contribution < 1.29 is 37.1 Å². The summed E-state index contributed by atoms with van der Waals surface area (Å²) in [4.78, 5) is 41.1. The summed E-state index contributed by atoms with van der Waals surface area (Å²) in [6, 6.07) is 0. The minimum atomic E-state index is -1.68. The van der Waals surface area contributed by atoms with E-state index < -0.39 is 5.54 Å². The SMILES string of the molecule is CCCCCCCCCCCCCCCCCC(=O)C([NH3+])(C(=O)CCCCCCCCCCCCCCCCC)C(=O)CCCCCCCCCCCCCCCCC.[Br-]. The molecule has 0 aromatic rings. The third-order valence-electron chi connectivity index (χ3n) is 13.5. The minimum Gasteiger partial charge on any atom is -1.00 e. The van der Waals surface area contributed by atoms with Crippen LogP contribution in [-0.4, -0.2) is 22.9 Å². The van der Waals surface area contributed by atoms with E-state index in [2.05, 4.69) is 26.5 Å². The van der Waals surface area contributed by atoms with E-state index in [0.717, 1.165) is 57.8 Å². The van der Waals surface area contributed by atoms with Gasteiger partial charge in [0.05, 0.1) is 0 Å². The molecule has 0 rings (SSSR count). The Kier molecular flexibility index (Phi) is 50.7. The monoisotopic (exact) mass is 910 g/mol. The van der Waals surface area contributed by atoms with Crippen molar-refractivity contribution in [3.8, 4) is 0 Å². The summed E-state index contributed by atoms with van der Waals surface area (Å²) in [6.07, 6.45) is 58.4. The van der Waals surface area contributed by atoms with Gasteiger partial charge in [0.25, 0.3) is 5.54 Å². The maximum absolute atomic E-state index is 13.7. The van der Waals surface area contributed by atoms with Crippen LogP contribution in [0, 0.1) is 0 Å². The van der Waals surface area contributed by atoms with Crippen LogP contribution < -0.4 is 22.7 Å². The Morgan fingerprint density at radius 3 is 0.500 bits per heavy atom. The van der Waals surface area contributed by atoms with Crippen molar-refractivity contribution in [3.05, 3.63) is 0 Å². The van der Waals surface area contributed by atoms with E-state index in [1.54, 1.807) is 0 Å². The first kappa shape index (κ1) is 61.5. The zero-order valence-electron chi connectivity index (χ0n) is 41.3. The predicted octanol–water partition coefficient (Wildman–Crippen LogP) is 14.5. The van der Waals surface area contributed by atoms with Crippen molar-refractivity contribution >= 4 is 17.3 Å². The Bertz CT molecular complexity index is 794. The van der Waals surface area contributed by atoms with E-state index in [0.29, 0.717) is 19.3 Å². The third-order valence-corrected chi connectivity index (χ3v) is 13.5. The molecule has 0 aromatic heterocycles. The first-order valence-electron chi connectivity index (χ1n) is 27.4. The lowest BCUT2D eigenvalue weighted by atomic mass is 9.79. The Balaban J connectivity index is 0. The molecule has 0 spiro atoms. The molecule has 0 aliphatic heterocycles. The highest BCUT2D eigenvalue weighted by Gasteiger charge is 2.50. The summed E-state index contributed by atoms with van der Waals surface area (Å²) in [5, 5.41) is 0. The van der Waals surface area contributed by atoms with Crippen LogP contribution in [0.2, 0.25) is 0 Å². The number of hydrogen-bond acceptors (Lipinski definition) is 3. The molecular formula is C55H108BrNO3. The number of carbonyl (C=O) groups is 3. The van der Waals surface area contributed by atoms with Gasteiger partial charge in [0.2, 0.25) is 17.3 Å². The predicted molar refractivity (Wildman–Crippen MR) is 259 cm³/mol. The van der Waals surface area contributed by atoms with Crippen LogP contribution in [0.5, 0.6) is 0 Å². The average Bonchev–Trinajstić information content (AvgIpc) is 3.24. The molecule has 0 radical (unpaired) electrons. The molecule has 0 saturated heterocycles. The van der Waals surface area contributed by atoms with Crippen LogP contribution >= 0.6 is 0 Å². The number of hydrogen-bond donors (Lipinski definition) is 1. The van der Waals surface area contributed by atoms with Gasteiger partial charge >= 0.3 is 0 Å². The molecule has 0 unspecified atom stereocenters. The van der Waals surface area contributed by atoms with E-state index >= 15 is 0 Å². The second-order valence-corrected chi connectivity index (χ2v) is 19.3. The Morgan fingerprint density at radius 2 is 0.367 bits per heavy atom. The number of Topliss-reactive ketones (excluding diaryl/α,β-unsaturated/α-hetero) is 3. The van der Waals surface area contributed by atoms with Crippen molar-refractivity contribution in [2.24, 2.45) is 0 Å². The van der Waals surface area contributed by atoms with Gasteiger partial charge in [-0.25, -0.2) is 0 Å². The molecule has 0 saturated carbocycles.